The van der Waals surface area contributed by atoms with Crippen molar-refractivity contribution in [1.29, 1.82) is 0 Å². The lowest BCUT2D eigenvalue weighted by atomic mass is 10.1. The molecule has 7 heteroatoms. The van der Waals surface area contributed by atoms with Gasteiger partial charge in [-0.1, -0.05) is 6.07 Å². The van der Waals surface area contributed by atoms with Gasteiger partial charge in [-0.2, -0.15) is 13.2 Å². The van der Waals surface area contributed by atoms with Crippen LogP contribution in [0.25, 0.3) is 0 Å². The first-order valence-corrected chi connectivity index (χ1v) is 6.12. The Kier molecular flexibility index (Phi) is 4.25. The highest BCUT2D eigenvalue weighted by Gasteiger charge is 2.31. The molecule has 0 fully saturated rings. The molecule has 0 aliphatic carbocycles. The molecular weight excluding hydrogens is 299 g/mol. The molecule has 0 saturated carbocycles. The summed E-state index contributed by atoms with van der Waals surface area (Å²) in [5.74, 6) is -0.724. The molecule has 0 spiro atoms. The van der Waals surface area contributed by atoms with Crippen LogP contribution >= 0.6 is 0 Å². The first kappa shape index (κ1) is 15.7. The summed E-state index contributed by atoms with van der Waals surface area (Å²) < 4.78 is 43.2. The van der Waals surface area contributed by atoms with Gasteiger partial charge in [0.2, 0.25) is 0 Å². The predicted molar refractivity (Wildman–Crippen MR) is 75.0 cm³/mol. The number of ether oxygens (including phenoxy) is 1. The van der Waals surface area contributed by atoms with Gasteiger partial charge in [-0.15, -0.1) is 0 Å². The van der Waals surface area contributed by atoms with Crippen LogP contribution in [0.15, 0.2) is 41.4 Å². The van der Waals surface area contributed by atoms with Crippen molar-refractivity contribution >= 4 is 11.9 Å². The Balaban J connectivity index is 2.40. The maximum Gasteiger partial charge on any atom is 0.416 e. The van der Waals surface area contributed by atoms with E-state index in [1.54, 1.807) is 0 Å². The number of methoxy groups -OCH3 is 1. The standard InChI is InChI=1S/C15H12F3NO3/c1-22-12-6-10(15(16,17)18)5-11(7-12)19-8-9-3-2-4-13(20)14(9)21/h2-8,20-21H,1H3. The van der Waals surface area contributed by atoms with Gasteiger partial charge in [-0.05, 0) is 24.3 Å². The number of phenols is 2. The number of aliphatic imine (C=N–C) groups is 1. The number of nitrogens with zero attached hydrogens (tertiary/aromatic N) is 1. The number of para-hydroxylation sites is 1. The van der Waals surface area contributed by atoms with E-state index in [-0.39, 0.29) is 22.7 Å². The van der Waals surface area contributed by atoms with Crippen LogP contribution in [-0.2, 0) is 6.18 Å². The summed E-state index contributed by atoms with van der Waals surface area (Å²) in [5.41, 5.74) is -0.704. The van der Waals surface area contributed by atoms with Crippen LogP contribution in [0.4, 0.5) is 18.9 Å². The minimum Gasteiger partial charge on any atom is -0.504 e. The Morgan fingerprint density at radius 2 is 1.86 bits per heavy atom. The van der Waals surface area contributed by atoms with Crippen molar-refractivity contribution in [2.45, 2.75) is 6.18 Å². The van der Waals surface area contributed by atoms with E-state index in [1.165, 1.54) is 31.4 Å². The van der Waals surface area contributed by atoms with Gasteiger partial charge < -0.3 is 14.9 Å². The molecule has 0 aliphatic heterocycles. The molecule has 2 aromatic carbocycles. The first-order valence-electron chi connectivity index (χ1n) is 6.12. The Morgan fingerprint density at radius 1 is 1.14 bits per heavy atom. The largest absolute Gasteiger partial charge is 0.504 e. The second-order valence-corrected chi connectivity index (χ2v) is 4.39. The number of hydrogen-bond donors (Lipinski definition) is 2. The Hall–Kier alpha value is -2.70. The number of benzene rings is 2. The van der Waals surface area contributed by atoms with Crippen molar-refractivity contribution in [2.24, 2.45) is 4.99 Å². The third kappa shape index (κ3) is 3.49. The van der Waals surface area contributed by atoms with Gasteiger partial charge in [0.05, 0.1) is 18.4 Å². The van der Waals surface area contributed by atoms with Crippen molar-refractivity contribution in [1.82, 2.24) is 0 Å². The minimum atomic E-state index is -4.52. The van der Waals surface area contributed by atoms with Crippen LogP contribution in [0.1, 0.15) is 11.1 Å². The van der Waals surface area contributed by atoms with Crippen LogP contribution in [0.2, 0.25) is 0 Å². The van der Waals surface area contributed by atoms with Crippen LogP contribution < -0.4 is 4.74 Å². The topological polar surface area (TPSA) is 62.0 Å². The minimum absolute atomic E-state index is 0.00872. The van der Waals surface area contributed by atoms with Gasteiger partial charge in [-0.25, -0.2) is 0 Å². The first-order chi connectivity index (χ1) is 10.3. The maximum atomic E-state index is 12.8. The summed E-state index contributed by atoms with van der Waals surface area (Å²) in [6, 6.07) is 7.27. The monoisotopic (exact) mass is 311 g/mol. The Morgan fingerprint density at radius 3 is 2.50 bits per heavy atom. The number of alkyl halides is 3. The molecule has 0 radical (unpaired) electrons. The quantitative estimate of drug-likeness (QED) is 0.668. The average molecular weight is 311 g/mol. The number of aromatic hydroxyl groups is 2. The highest BCUT2D eigenvalue weighted by atomic mass is 19.4. The molecule has 0 saturated heterocycles. The lowest BCUT2D eigenvalue weighted by molar-refractivity contribution is -0.137. The van der Waals surface area contributed by atoms with E-state index in [1.807, 2.05) is 0 Å². The van der Waals surface area contributed by atoms with Gasteiger partial charge >= 0.3 is 6.18 Å². The average Bonchev–Trinajstić information content (AvgIpc) is 2.47. The molecule has 2 rings (SSSR count). The third-order valence-corrected chi connectivity index (χ3v) is 2.85. The van der Waals surface area contributed by atoms with E-state index in [0.29, 0.717) is 0 Å². The molecule has 22 heavy (non-hydrogen) atoms. The fourth-order valence-electron chi connectivity index (χ4n) is 1.74. The van der Waals surface area contributed by atoms with Crippen LogP contribution in [0.3, 0.4) is 0 Å². The molecule has 0 amide bonds. The SMILES string of the molecule is COc1cc(N=Cc2cccc(O)c2O)cc(C(F)(F)F)c1. The second-order valence-electron chi connectivity index (χ2n) is 4.39. The molecule has 2 aromatic rings. The van der Waals surface area contributed by atoms with Crippen molar-refractivity contribution < 1.29 is 28.1 Å². The maximum absolute atomic E-state index is 12.8. The molecule has 0 aliphatic rings. The number of phenolic OH excluding ortho intramolecular Hbond substituents is 2. The second kappa shape index (κ2) is 5.97. The van der Waals surface area contributed by atoms with E-state index in [0.717, 1.165) is 18.3 Å². The number of rotatable bonds is 3. The fourth-order valence-corrected chi connectivity index (χ4v) is 1.74. The highest BCUT2D eigenvalue weighted by molar-refractivity contribution is 5.86. The van der Waals surface area contributed by atoms with Gasteiger partial charge in [0.25, 0.3) is 0 Å². The van der Waals surface area contributed by atoms with Gasteiger partial charge in [0.1, 0.15) is 5.75 Å². The van der Waals surface area contributed by atoms with Crippen molar-refractivity contribution in [3.63, 3.8) is 0 Å². The molecule has 0 heterocycles. The molecule has 0 aromatic heterocycles. The molecule has 0 bridgehead atoms. The van der Waals surface area contributed by atoms with E-state index >= 15 is 0 Å². The summed E-state index contributed by atoms with van der Waals surface area (Å²) in [7, 11) is 1.25. The molecule has 0 atom stereocenters. The molecule has 0 unspecified atom stereocenters. The molecular formula is C15H12F3NO3. The lowest BCUT2D eigenvalue weighted by Crippen LogP contribution is -2.04. The number of hydrogen-bond acceptors (Lipinski definition) is 4. The normalized spacial score (nSPS) is 11.8. The Labute approximate surface area is 124 Å². The molecule has 4 nitrogen and oxygen atoms in total. The van der Waals surface area contributed by atoms with E-state index in [9.17, 15) is 23.4 Å². The van der Waals surface area contributed by atoms with Gasteiger partial charge in [-0.3, -0.25) is 4.99 Å². The van der Waals surface area contributed by atoms with Crippen molar-refractivity contribution in [3.05, 3.63) is 47.5 Å². The summed E-state index contributed by atoms with van der Waals surface area (Å²) >= 11 is 0. The third-order valence-electron chi connectivity index (χ3n) is 2.85. The molecule has 116 valence electrons. The Bertz CT molecular complexity index is 712. The van der Waals surface area contributed by atoms with E-state index < -0.39 is 17.5 Å². The van der Waals surface area contributed by atoms with Crippen LogP contribution in [0.5, 0.6) is 17.2 Å². The lowest BCUT2D eigenvalue weighted by Gasteiger charge is -2.09. The number of halogens is 3. The fraction of sp³-hybridized carbons (Fsp3) is 0.133. The summed E-state index contributed by atoms with van der Waals surface area (Å²) in [6.07, 6.45) is -3.37. The zero-order chi connectivity index (χ0) is 16.3. The van der Waals surface area contributed by atoms with E-state index in [4.69, 9.17) is 4.74 Å². The zero-order valence-corrected chi connectivity index (χ0v) is 11.4. The van der Waals surface area contributed by atoms with Crippen molar-refractivity contribution in [2.75, 3.05) is 7.11 Å². The van der Waals surface area contributed by atoms with Crippen LogP contribution in [-0.4, -0.2) is 23.5 Å². The summed E-state index contributed by atoms with van der Waals surface area (Å²) in [5, 5.41) is 19.0. The molecule has 2 N–H and O–H groups in total. The highest BCUT2D eigenvalue weighted by Crippen LogP contribution is 2.35. The van der Waals surface area contributed by atoms with E-state index in [2.05, 4.69) is 4.99 Å². The van der Waals surface area contributed by atoms with Gasteiger partial charge in [0.15, 0.2) is 11.5 Å². The van der Waals surface area contributed by atoms with Crippen LogP contribution in [0, 0.1) is 0 Å². The predicted octanol–water partition coefficient (Wildman–Crippen LogP) is 3.88. The summed E-state index contributed by atoms with van der Waals surface area (Å²) in [4.78, 5) is 3.89. The zero-order valence-electron chi connectivity index (χ0n) is 11.4. The van der Waals surface area contributed by atoms with Gasteiger partial charge in [0, 0.05) is 17.8 Å². The van der Waals surface area contributed by atoms with Crippen molar-refractivity contribution in [3.8, 4) is 17.2 Å². The summed E-state index contributed by atoms with van der Waals surface area (Å²) in [6.45, 7) is 0. The smallest absolute Gasteiger partial charge is 0.416 e.